The van der Waals surface area contributed by atoms with Crippen LogP contribution in [0.3, 0.4) is 0 Å². The third-order valence-electron chi connectivity index (χ3n) is 3.43. The van der Waals surface area contributed by atoms with Gasteiger partial charge in [-0.15, -0.1) is 0 Å². The van der Waals surface area contributed by atoms with E-state index in [9.17, 15) is 4.79 Å². The Bertz CT molecular complexity index is 632. The Morgan fingerprint density at radius 3 is 2.48 bits per heavy atom. The van der Waals surface area contributed by atoms with Crippen molar-refractivity contribution < 1.29 is 9.53 Å². The van der Waals surface area contributed by atoms with Crippen molar-refractivity contribution in [3.8, 4) is 5.75 Å². The van der Waals surface area contributed by atoms with Crippen LogP contribution in [0.4, 0.5) is 10.5 Å². The fourth-order valence-corrected chi connectivity index (χ4v) is 2.09. The molecule has 0 fully saturated rings. The number of aryl methyl sites for hydroxylation is 2. The maximum absolute atomic E-state index is 11.9. The third-order valence-corrected chi connectivity index (χ3v) is 3.43. The molecular weight excluding hydrogens is 268 g/mol. The number of nitrogens with zero attached hydrogens (tertiary/aromatic N) is 2. The zero-order valence-electron chi connectivity index (χ0n) is 12.7. The molecule has 1 heterocycles. The van der Waals surface area contributed by atoms with Gasteiger partial charge in [0.15, 0.2) is 0 Å². The highest BCUT2D eigenvalue weighted by atomic mass is 16.5. The average molecular weight is 288 g/mol. The molecule has 0 aliphatic carbocycles. The minimum absolute atomic E-state index is 0.247. The maximum atomic E-state index is 11.9. The van der Waals surface area contributed by atoms with Crippen LogP contribution in [0.1, 0.15) is 17.0 Å². The summed E-state index contributed by atoms with van der Waals surface area (Å²) >= 11 is 0. The van der Waals surface area contributed by atoms with E-state index in [1.54, 1.807) is 31.4 Å². The third kappa shape index (κ3) is 3.53. The van der Waals surface area contributed by atoms with Crippen molar-refractivity contribution in [2.75, 3.05) is 12.4 Å². The second-order valence-electron chi connectivity index (χ2n) is 4.81. The molecule has 0 aliphatic heterocycles. The Hall–Kier alpha value is -2.50. The summed E-state index contributed by atoms with van der Waals surface area (Å²) in [6, 6.07) is 6.93. The second-order valence-corrected chi connectivity index (χ2v) is 4.81. The molecule has 0 atom stereocenters. The van der Waals surface area contributed by atoms with Gasteiger partial charge in [0.2, 0.25) is 0 Å². The van der Waals surface area contributed by atoms with Gasteiger partial charge in [-0.25, -0.2) is 4.79 Å². The van der Waals surface area contributed by atoms with Crippen molar-refractivity contribution in [1.29, 1.82) is 0 Å². The van der Waals surface area contributed by atoms with Crippen LogP contribution in [0.5, 0.6) is 5.75 Å². The lowest BCUT2D eigenvalue weighted by atomic mass is 10.2. The molecule has 6 nitrogen and oxygen atoms in total. The second kappa shape index (κ2) is 6.30. The van der Waals surface area contributed by atoms with E-state index in [0.29, 0.717) is 12.2 Å². The van der Waals surface area contributed by atoms with E-state index < -0.39 is 0 Å². The van der Waals surface area contributed by atoms with E-state index in [2.05, 4.69) is 15.7 Å². The Morgan fingerprint density at radius 2 is 1.95 bits per heavy atom. The normalized spacial score (nSPS) is 10.3. The van der Waals surface area contributed by atoms with E-state index >= 15 is 0 Å². The Kier molecular flexibility index (Phi) is 4.47. The van der Waals surface area contributed by atoms with Gasteiger partial charge in [0.25, 0.3) is 0 Å². The van der Waals surface area contributed by atoms with E-state index in [-0.39, 0.29) is 6.03 Å². The molecule has 6 heteroatoms. The number of benzene rings is 1. The molecule has 2 N–H and O–H groups in total. The zero-order chi connectivity index (χ0) is 15.4. The molecule has 2 amide bonds. The highest BCUT2D eigenvalue weighted by Gasteiger charge is 2.10. The molecule has 0 bridgehead atoms. The van der Waals surface area contributed by atoms with Crippen molar-refractivity contribution in [2.24, 2.45) is 7.05 Å². The minimum Gasteiger partial charge on any atom is -0.497 e. The molecule has 0 unspecified atom stereocenters. The molecule has 0 saturated heterocycles. The molecule has 1 aromatic heterocycles. The highest BCUT2D eigenvalue weighted by Crippen LogP contribution is 2.15. The van der Waals surface area contributed by atoms with Gasteiger partial charge in [0, 0.05) is 30.5 Å². The van der Waals surface area contributed by atoms with Crippen molar-refractivity contribution in [3.05, 3.63) is 41.2 Å². The van der Waals surface area contributed by atoms with Crippen molar-refractivity contribution in [1.82, 2.24) is 15.1 Å². The fourth-order valence-electron chi connectivity index (χ4n) is 2.09. The summed E-state index contributed by atoms with van der Waals surface area (Å²) in [6.45, 7) is 4.37. The molecule has 0 spiro atoms. The first kappa shape index (κ1) is 14.9. The SMILES string of the molecule is COc1ccc(NC(=O)NCc2c(C)nn(C)c2C)cc1. The number of aromatic nitrogens is 2. The van der Waals surface area contributed by atoms with Crippen molar-refractivity contribution in [2.45, 2.75) is 20.4 Å². The van der Waals surface area contributed by atoms with Crippen LogP contribution in [-0.2, 0) is 13.6 Å². The summed E-state index contributed by atoms with van der Waals surface area (Å²) in [5.74, 6) is 0.752. The van der Waals surface area contributed by atoms with E-state index in [0.717, 1.165) is 22.7 Å². The fraction of sp³-hybridized carbons (Fsp3) is 0.333. The first-order chi connectivity index (χ1) is 10.0. The predicted molar refractivity (Wildman–Crippen MR) is 81.5 cm³/mol. The van der Waals surface area contributed by atoms with Gasteiger partial charge in [-0.05, 0) is 38.1 Å². The summed E-state index contributed by atoms with van der Waals surface area (Å²) in [7, 11) is 3.50. The van der Waals surface area contributed by atoms with Crippen molar-refractivity contribution in [3.63, 3.8) is 0 Å². The van der Waals surface area contributed by atoms with Crippen molar-refractivity contribution >= 4 is 11.7 Å². The number of rotatable bonds is 4. The van der Waals surface area contributed by atoms with Gasteiger partial charge in [-0.3, -0.25) is 4.68 Å². The van der Waals surface area contributed by atoms with Crippen LogP contribution in [0.25, 0.3) is 0 Å². The molecule has 1 aromatic carbocycles. The molecule has 0 aliphatic rings. The van der Waals surface area contributed by atoms with Gasteiger partial charge in [0.05, 0.1) is 12.8 Å². The molecular formula is C15H20N4O2. The first-order valence-corrected chi connectivity index (χ1v) is 6.69. The van der Waals surface area contributed by atoms with Gasteiger partial charge < -0.3 is 15.4 Å². The summed E-state index contributed by atoms with van der Waals surface area (Å²) in [5, 5.41) is 9.94. The smallest absolute Gasteiger partial charge is 0.319 e. The van der Waals surface area contributed by atoms with E-state index in [1.165, 1.54) is 0 Å². The molecule has 2 aromatic rings. The number of nitrogens with one attached hydrogen (secondary N) is 2. The van der Waals surface area contributed by atoms with E-state index in [1.807, 2.05) is 25.6 Å². The Balaban J connectivity index is 1.92. The van der Waals surface area contributed by atoms with Crippen LogP contribution in [-0.4, -0.2) is 22.9 Å². The van der Waals surface area contributed by atoms with Crippen LogP contribution in [0, 0.1) is 13.8 Å². The standard InChI is InChI=1S/C15H20N4O2/c1-10-14(11(2)19(3)18-10)9-16-15(20)17-12-5-7-13(21-4)8-6-12/h5-8H,9H2,1-4H3,(H2,16,17,20). The highest BCUT2D eigenvalue weighted by molar-refractivity contribution is 5.89. The van der Waals surface area contributed by atoms with Gasteiger partial charge in [0.1, 0.15) is 5.75 Å². The summed E-state index contributed by atoms with van der Waals surface area (Å²) in [5.41, 5.74) is 3.74. The monoisotopic (exact) mass is 288 g/mol. The first-order valence-electron chi connectivity index (χ1n) is 6.69. The predicted octanol–water partition coefficient (Wildman–Crippen LogP) is 2.37. The number of hydrogen-bond acceptors (Lipinski definition) is 3. The van der Waals surface area contributed by atoms with Crippen LogP contribution in [0.15, 0.2) is 24.3 Å². The lowest BCUT2D eigenvalue weighted by Crippen LogP contribution is -2.28. The van der Waals surface area contributed by atoms with E-state index in [4.69, 9.17) is 4.74 Å². The van der Waals surface area contributed by atoms with Crippen LogP contribution < -0.4 is 15.4 Å². The summed E-state index contributed by atoms with van der Waals surface area (Å²) < 4.78 is 6.88. The average Bonchev–Trinajstić information content (AvgIpc) is 2.71. The Labute approximate surface area is 124 Å². The molecule has 112 valence electrons. The van der Waals surface area contributed by atoms with Crippen LogP contribution in [0.2, 0.25) is 0 Å². The summed E-state index contributed by atoms with van der Waals surface area (Å²) in [4.78, 5) is 11.9. The number of carbonyl (C=O) groups is 1. The largest absolute Gasteiger partial charge is 0.497 e. The number of amides is 2. The number of carbonyl (C=O) groups excluding carboxylic acids is 1. The topological polar surface area (TPSA) is 68.2 Å². The maximum Gasteiger partial charge on any atom is 0.319 e. The number of anilines is 1. The Morgan fingerprint density at radius 1 is 1.29 bits per heavy atom. The summed E-state index contributed by atoms with van der Waals surface area (Å²) in [6.07, 6.45) is 0. The van der Waals surface area contributed by atoms with Gasteiger partial charge in [-0.2, -0.15) is 5.10 Å². The molecule has 0 radical (unpaired) electrons. The number of ether oxygens (including phenoxy) is 1. The number of hydrogen-bond donors (Lipinski definition) is 2. The van der Waals surface area contributed by atoms with Gasteiger partial charge in [-0.1, -0.05) is 0 Å². The number of methoxy groups -OCH3 is 1. The van der Waals surface area contributed by atoms with Gasteiger partial charge >= 0.3 is 6.03 Å². The molecule has 0 saturated carbocycles. The minimum atomic E-state index is -0.247. The molecule has 21 heavy (non-hydrogen) atoms. The lowest BCUT2D eigenvalue weighted by Gasteiger charge is -2.08. The van der Waals surface area contributed by atoms with Crippen LogP contribution >= 0.6 is 0 Å². The quantitative estimate of drug-likeness (QED) is 0.907. The number of urea groups is 1. The molecule has 2 rings (SSSR count). The lowest BCUT2D eigenvalue weighted by molar-refractivity contribution is 0.251. The zero-order valence-corrected chi connectivity index (χ0v) is 12.7.